The van der Waals surface area contributed by atoms with Gasteiger partial charge < -0.3 is 10.0 Å². The molecule has 1 saturated heterocycles. The minimum atomic E-state index is -0.847. The number of carboxylic acid groups (broad SMARTS) is 1. The molecule has 1 amide bonds. The molecular formula is C16H18N4O3. The third-order valence-electron chi connectivity index (χ3n) is 4.07. The van der Waals surface area contributed by atoms with E-state index in [0.29, 0.717) is 30.6 Å². The van der Waals surface area contributed by atoms with Crippen LogP contribution in [0.25, 0.3) is 5.69 Å². The van der Waals surface area contributed by atoms with Crippen LogP contribution in [0, 0.1) is 12.8 Å². The van der Waals surface area contributed by atoms with E-state index in [1.54, 1.807) is 29.4 Å². The van der Waals surface area contributed by atoms with E-state index < -0.39 is 11.9 Å². The van der Waals surface area contributed by atoms with Crippen LogP contribution in [0.1, 0.15) is 28.8 Å². The van der Waals surface area contributed by atoms with E-state index in [1.165, 1.54) is 4.80 Å². The van der Waals surface area contributed by atoms with Crippen molar-refractivity contribution in [2.24, 2.45) is 5.92 Å². The summed E-state index contributed by atoms with van der Waals surface area (Å²) in [5, 5.41) is 17.4. The first kappa shape index (κ1) is 15.2. The van der Waals surface area contributed by atoms with E-state index in [2.05, 4.69) is 10.2 Å². The van der Waals surface area contributed by atoms with E-state index in [0.717, 1.165) is 5.56 Å². The highest BCUT2D eigenvalue weighted by atomic mass is 16.4. The fourth-order valence-corrected chi connectivity index (χ4v) is 2.87. The van der Waals surface area contributed by atoms with E-state index in [1.807, 2.05) is 13.0 Å². The van der Waals surface area contributed by atoms with Gasteiger partial charge in [-0.15, -0.1) is 0 Å². The monoisotopic (exact) mass is 314 g/mol. The van der Waals surface area contributed by atoms with Gasteiger partial charge >= 0.3 is 5.97 Å². The van der Waals surface area contributed by atoms with Crippen molar-refractivity contribution in [2.45, 2.75) is 19.8 Å². The summed E-state index contributed by atoms with van der Waals surface area (Å²) >= 11 is 0. The van der Waals surface area contributed by atoms with Gasteiger partial charge in [-0.25, -0.2) is 0 Å². The SMILES string of the molecule is Cc1ccc(-n2nccn2)c(C(=O)N2CCCC(C(=O)O)C2)c1. The lowest BCUT2D eigenvalue weighted by molar-refractivity contribution is -0.143. The molecule has 1 fully saturated rings. The van der Waals surface area contributed by atoms with Gasteiger partial charge in [0.15, 0.2) is 0 Å². The summed E-state index contributed by atoms with van der Waals surface area (Å²) in [6.07, 6.45) is 4.41. The Kier molecular flexibility index (Phi) is 4.10. The molecule has 0 aliphatic carbocycles. The van der Waals surface area contributed by atoms with E-state index >= 15 is 0 Å². The summed E-state index contributed by atoms with van der Waals surface area (Å²) in [5.74, 6) is -1.52. The topological polar surface area (TPSA) is 88.3 Å². The number of hydrogen-bond acceptors (Lipinski definition) is 4. The molecule has 1 N–H and O–H groups in total. The number of hydrogen-bond donors (Lipinski definition) is 1. The average molecular weight is 314 g/mol. The lowest BCUT2D eigenvalue weighted by Gasteiger charge is -2.31. The summed E-state index contributed by atoms with van der Waals surface area (Å²) in [6, 6.07) is 5.50. The molecule has 0 bridgehead atoms. The van der Waals surface area contributed by atoms with Crippen LogP contribution in [-0.2, 0) is 4.79 Å². The smallest absolute Gasteiger partial charge is 0.308 e. The van der Waals surface area contributed by atoms with Crippen LogP contribution >= 0.6 is 0 Å². The van der Waals surface area contributed by atoms with Gasteiger partial charge in [0.1, 0.15) is 0 Å². The fourth-order valence-electron chi connectivity index (χ4n) is 2.87. The minimum absolute atomic E-state index is 0.174. The van der Waals surface area contributed by atoms with Crippen LogP contribution < -0.4 is 0 Å². The summed E-state index contributed by atoms with van der Waals surface area (Å²) in [5.41, 5.74) is 2.05. The van der Waals surface area contributed by atoms with Gasteiger partial charge in [0, 0.05) is 13.1 Å². The first-order valence-corrected chi connectivity index (χ1v) is 7.55. The van der Waals surface area contributed by atoms with Gasteiger partial charge in [0.25, 0.3) is 5.91 Å². The first-order chi connectivity index (χ1) is 11.1. The zero-order valence-corrected chi connectivity index (χ0v) is 12.8. The number of carboxylic acids is 1. The molecule has 1 aliphatic heterocycles. The van der Waals surface area contributed by atoms with Crippen molar-refractivity contribution in [3.8, 4) is 5.69 Å². The molecule has 2 aromatic rings. The normalized spacial score (nSPS) is 18.0. The molecule has 1 aliphatic rings. The number of nitrogens with zero attached hydrogens (tertiary/aromatic N) is 4. The Hall–Kier alpha value is -2.70. The van der Waals surface area contributed by atoms with Gasteiger partial charge in [0.2, 0.25) is 0 Å². The number of aryl methyl sites for hydroxylation is 1. The van der Waals surface area contributed by atoms with Crippen molar-refractivity contribution in [1.82, 2.24) is 19.9 Å². The van der Waals surface area contributed by atoms with E-state index in [4.69, 9.17) is 0 Å². The molecule has 7 heteroatoms. The third kappa shape index (κ3) is 3.08. The van der Waals surface area contributed by atoms with Gasteiger partial charge in [-0.2, -0.15) is 15.0 Å². The largest absolute Gasteiger partial charge is 0.481 e. The van der Waals surface area contributed by atoms with Crippen molar-refractivity contribution in [3.05, 3.63) is 41.7 Å². The Morgan fingerprint density at radius 3 is 2.70 bits per heavy atom. The number of piperidine rings is 1. The number of aliphatic carboxylic acids is 1. The highest BCUT2D eigenvalue weighted by Gasteiger charge is 2.30. The molecule has 1 unspecified atom stereocenters. The standard InChI is InChI=1S/C16H18N4O3/c1-11-4-5-14(20-17-6-7-18-20)13(9-11)15(21)19-8-2-3-12(10-19)16(22)23/h4-7,9,12H,2-3,8,10H2,1H3,(H,22,23). The van der Waals surface area contributed by atoms with Crippen molar-refractivity contribution in [3.63, 3.8) is 0 Å². The minimum Gasteiger partial charge on any atom is -0.481 e. The zero-order valence-electron chi connectivity index (χ0n) is 12.8. The summed E-state index contributed by atoms with van der Waals surface area (Å²) in [4.78, 5) is 27.1. The zero-order chi connectivity index (χ0) is 16.4. The number of rotatable bonds is 3. The molecule has 3 rings (SSSR count). The van der Waals surface area contributed by atoms with E-state index in [-0.39, 0.29) is 12.5 Å². The van der Waals surface area contributed by atoms with Crippen LogP contribution in [-0.4, -0.2) is 50.0 Å². The molecule has 2 heterocycles. The van der Waals surface area contributed by atoms with Crippen LogP contribution in [0.5, 0.6) is 0 Å². The second kappa shape index (κ2) is 6.20. The number of amides is 1. The van der Waals surface area contributed by atoms with Gasteiger partial charge in [-0.05, 0) is 31.9 Å². The van der Waals surface area contributed by atoms with Gasteiger partial charge in [0.05, 0.1) is 29.6 Å². The third-order valence-corrected chi connectivity index (χ3v) is 4.07. The molecule has 0 radical (unpaired) electrons. The van der Waals surface area contributed by atoms with Crippen molar-refractivity contribution >= 4 is 11.9 Å². The molecule has 120 valence electrons. The van der Waals surface area contributed by atoms with Crippen molar-refractivity contribution < 1.29 is 14.7 Å². The molecular weight excluding hydrogens is 296 g/mol. The maximum Gasteiger partial charge on any atom is 0.308 e. The molecule has 1 aromatic heterocycles. The highest BCUT2D eigenvalue weighted by molar-refractivity contribution is 5.98. The fraction of sp³-hybridized carbons (Fsp3) is 0.375. The Labute approximate surface area is 133 Å². The van der Waals surface area contributed by atoms with Gasteiger partial charge in [-0.3, -0.25) is 9.59 Å². The molecule has 1 atom stereocenters. The molecule has 0 saturated carbocycles. The van der Waals surface area contributed by atoms with Crippen molar-refractivity contribution in [2.75, 3.05) is 13.1 Å². The molecule has 0 spiro atoms. The van der Waals surface area contributed by atoms with E-state index in [9.17, 15) is 14.7 Å². The predicted octanol–water partition coefficient (Wildman–Crippen LogP) is 1.51. The Morgan fingerprint density at radius 1 is 1.26 bits per heavy atom. The second-order valence-electron chi connectivity index (χ2n) is 5.77. The summed E-state index contributed by atoms with van der Waals surface area (Å²) in [7, 11) is 0. The van der Waals surface area contributed by atoms with Crippen LogP contribution in [0.15, 0.2) is 30.6 Å². The Bertz CT molecular complexity index is 727. The molecule has 23 heavy (non-hydrogen) atoms. The highest BCUT2D eigenvalue weighted by Crippen LogP contribution is 2.22. The first-order valence-electron chi connectivity index (χ1n) is 7.55. The predicted molar refractivity (Wildman–Crippen MR) is 82.4 cm³/mol. The summed E-state index contributed by atoms with van der Waals surface area (Å²) < 4.78 is 0. The number of aromatic nitrogens is 3. The molecule has 1 aromatic carbocycles. The van der Waals surface area contributed by atoms with Crippen LogP contribution in [0.2, 0.25) is 0 Å². The van der Waals surface area contributed by atoms with Crippen molar-refractivity contribution in [1.29, 1.82) is 0 Å². The summed E-state index contributed by atoms with van der Waals surface area (Å²) in [6.45, 7) is 2.73. The quantitative estimate of drug-likeness (QED) is 0.928. The lowest BCUT2D eigenvalue weighted by atomic mass is 9.97. The Balaban J connectivity index is 1.93. The molecule has 7 nitrogen and oxygen atoms in total. The number of benzene rings is 1. The Morgan fingerprint density at radius 2 is 2.00 bits per heavy atom. The maximum atomic E-state index is 12.9. The second-order valence-corrected chi connectivity index (χ2v) is 5.77. The number of carbonyl (C=O) groups is 2. The van der Waals surface area contributed by atoms with Crippen LogP contribution in [0.3, 0.4) is 0 Å². The van der Waals surface area contributed by atoms with Crippen LogP contribution in [0.4, 0.5) is 0 Å². The average Bonchev–Trinajstić information content (AvgIpc) is 3.08. The number of likely N-dealkylation sites (tertiary alicyclic amines) is 1. The maximum absolute atomic E-state index is 12.9. The number of carbonyl (C=O) groups excluding carboxylic acids is 1. The van der Waals surface area contributed by atoms with Gasteiger partial charge in [-0.1, -0.05) is 11.6 Å². The lowest BCUT2D eigenvalue weighted by Crippen LogP contribution is -2.42.